The second-order valence-electron chi connectivity index (χ2n) is 6.69. The molecule has 0 unspecified atom stereocenters. The summed E-state index contributed by atoms with van der Waals surface area (Å²) in [6, 6.07) is 5.55. The minimum Gasteiger partial charge on any atom is -0.444 e. The van der Waals surface area contributed by atoms with Crippen molar-refractivity contribution in [2.45, 2.75) is 45.4 Å². The Morgan fingerprint density at radius 2 is 1.88 bits per heavy atom. The van der Waals surface area contributed by atoms with Gasteiger partial charge in [0.15, 0.2) is 0 Å². The lowest BCUT2D eigenvalue weighted by molar-refractivity contribution is -0.120. The first-order chi connectivity index (χ1) is 12.2. The molecule has 0 saturated heterocycles. The van der Waals surface area contributed by atoms with E-state index in [1.54, 1.807) is 45.0 Å². The molecule has 3 N–H and O–H groups in total. The fourth-order valence-electron chi connectivity index (χ4n) is 2.06. The van der Waals surface area contributed by atoms with Crippen LogP contribution >= 0.6 is 0 Å². The van der Waals surface area contributed by atoms with Crippen LogP contribution < -0.4 is 10.6 Å². The third-order valence-corrected chi connectivity index (χ3v) is 3.21. The van der Waals surface area contributed by atoms with Crippen LogP contribution in [-0.2, 0) is 9.53 Å². The summed E-state index contributed by atoms with van der Waals surface area (Å²) >= 11 is 0. The van der Waals surface area contributed by atoms with Crippen LogP contribution in [-0.4, -0.2) is 45.0 Å². The normalized spacial score (nSPS) is 13.6. The number of nitrogens with one attached hydrogen (secondary N) is 2. The topological polar surface area (TPSA) is 127 Å². The largest absolute Gasteiger partial charge is 0.444 e. The highest BCUT2D eigenvalue weighted by atomic mass is 16.6. The summed E-state index contributed by atoms with van der Waals surface area (Å²) in [6.45, 7) is 6.51. The van der Waals surface area contributed by atoms with Gasteiger partial charge in [0, 0.05) is 11.3 Å². The fourth-order valence-corrected chi connectivity index (χ4v) is 2.06. The molecule has 2 rings (SSSR count). The molecule has 0 aliphatic carbocycles. The highest BCUT2D eigenvalue weighted by molar-refractivity contribution is 5.97. The molecule has 1 heterocycles. The van der Waals surface area contributed by atoms with E-state index in [9.17, 15) is 14.7 Å². The van der Waals surface area contributed by atoms with Crippen molar-refractivity contribution in [3.05, 3.63) is 30.7 Å². The molecular formula is C17H22N4O5. The number of aliphatic hydroxyl groups excluding tert-OH is 1. The van der Waals surface area contributed by atoms with Gasteiger partial charge in [0.2, 0.25) is 18.1 Å². The number of anilines is 1. The van der Waals surface area contributed by atoms with Gasteiger partial charge in [-0.1, -0.05) is 5.16 Å². The summed E-state index contributed by atoms with van der Waals surface area (Å²) in [4.78, 5) is 28.2. The van der Waals surface area contributed by atoms with Gasteiger partial charge >= 0.3 is 6.09 Å². The number of carbonyl (C=O) groups excluding carboxylic acids is 2. The number of aromatic nitrogens is 2. The zero-order valence-electron chi connectivity index (χ0n) is 15.0. The van der Waals surface area contributed by atoms with Crippen LogP contribution in [0.25, 0.3) is 11.4 Å². The van der Waals surface area contributed by atoms with Gasteiger partial charge in [-0.25, -0.2) is 4.79 Å². The van der Waals surface area contributed by atoms with Crippen LogP contribution in [0.1, 0.15) is 27.7 Å². The number of ether oxygens (including phenoxy) is 1. The second kappa shape index (κ2) is 7.96. The van der Waals surface area contributed by atoms with Gasteiger partial charge in [0.25, 0.3) is 0 Å². The maximum atomic E-state index is 12.4. The highest BCUT2D eigenvalue weighted by Gasteiger charge is 2.28. The summed E-state index contributed by atoms with van der Waals surface area (Å²) < 4.78 is 9.79. The molecule has 1 aromatic carbocycles. The molecule has 0 aliphatic heterocycles. The summed E-state index contributed by atoms with van der Waals surface area (Å²) in [5.41, 5.74) is 0.490. The second-order valence-corrected chi connectivity index (χ2v) is 6.69. The number of hydrogen-bond acceptors (Lipinski definition) is 7. The van der Waals surface area contributed by atoms with Crippen molar-refractivity contribution in [2.24, 2.45) is 0 Å². The average molecular weight is 362 g/mol. The van der Waals surface area contributed by atoms with Crippen LogP contribution in [0.4, 0.5) is 10.5 Å². The summed E-state index contributed by atoms with van der Waals surface area (Å²) in [7, 11) is 0. The number of carbonyl (C=O) groups is 2. The van der Waals surface area contributed by atoms with Gasteiger partial charge in [-0.15, -0.1) is 0 Å². The third kappa shape index (κ3) is 5.55. The molecule has 0 fully saturated rings. The molecule has 2 atom stereocenters. The van der Waals surface area contributed by atoms with E-state index < -0.39 is 29.7 Å². The highest BCUT2D eigenvalue weighted by Crippen LogP contribution is 2.18. The number of alkyl carbamates (subject to hydrolysis) is 1. The van der Waals surface area contributed by atoms with E-state index in [1.807, 2.05) is 0 Å². The third-order valence-electron chi connectivity index (χ3n) is 3.21. The summed E-state index contributed by atoms with van der Waals surface area (Å²) in [5.74, 6) is -0.144. The predicted molar refractivity (Wildman–Crippen MR) is 93.2 cm³/mol. The average Bonchev–Trinajstić information content (AvgIpc) is 3.05. The Morgan fingerprint density at radius 1 is 1.23 bits per heavy atom. The number of amides is 2. The maximum Gasteiger partial charge on any atom is 0.408 e. The first kappa shape index (κ1) is 19.4. The number of hydrogen-bond donors (Lipinski definition) is 3. The van der Waals surface area contributed by atoms with E-state index in [-0.39, 0.29) is 0 Å². The van der Waals surface area contributed by atoms with Crippen LogP contribution in [0.3, 0.4) is 0 Å². The van der Waals surface area contributed by atoms with Gasteiger partial charge in [0.05, 0.1) is 6.10 Å². The summed E-state index contributed by atoms with van der Waals surface area (Å²) in [6.07, 6.45) is -0.673. The lowest BCUT2D eigenvalue weighted by Crippen LogP contribution is -2.51. The van der Waals surface area contributed by atoms with Gasteiger partial charge < -0.3 is 25.0 Å². The van der Waals surface area contributed by atoms with E-state index in [4.69, 9.17) is 4.74 Å². The molecule has 2 amide bonds. The Balaban J connectivity index is 2.02. The molecule has 26 heavy (non-hydrogen) atoms. The quantitative estimate of drug-likeness (QED) is 0.742. The molecule has 140 valence electrons. The zero-order chi connectivity index (χ0) is 19.3. The number of benzene rings is 1. The smallest absolute Gasteiger partial charge is 0.408 e. The van der Waals surface area contributed by atoms with Crippen LogP contribution in [0, 0.1) is 0 Å². The molecule has 0 aliphatic rings. The van der Waals surface area contributed by atoms with E-state index in [0.29, 0.717) is 11.5 Å². The molecule has 0 saturated carbocycles. The van der Waals surface area contributed by atoms with Crippen molar-refractivity contribution in [1.82, 2.24) is 15.5 Å². The van der Waals surface area contributed by atoms with Crippen molar-refractivity contribution in [1.29, 1.82) is 0 Å². The monoisotopic (exact) mass is 362 g/mol. The van der Waals surface area contributed by atoms with E-state index in [1.165, 1.54) is 13.3 Å². The van der Waals surface area contributed by atoms with Crippen LogP contribution in [0.15, 0.2) is 35.2 Å². The molecule has 0 radical (unpaired) electrons. The molecular weight excluding hydrogens is 340 g/mol. The van der Waals surface area contributed by atoms with Gasteiger partial charge in [-0.05, 0) is 52.0 Å². The Kier molecular flexibility index (Phi) is 5.93. The SMILES string of the molecule is C[C@@H](O)[C@H](NC(=O)OC(C)(C)C)C(=O)Nc1ccc(-c2ncon2)cc1. The van der Waals surface area contributed by atoms with E-state index >= 15 is 0 Å². The number of rotatable bonds is 5. The Morgan fingerprint density at radius 3 is 2.38 bits per heavy atom. The van der Waals surface area contributed by atoms with Gasteiger partial charge in [-0.2, -0.15) is 4.98 Å². The standard InChI is InChI=1S/C17H22N4O5/c1-10(22)13(20-16(24)26-17(2,3)4)15(23)19-12-7-5-11(6-8-12)14-18-9-25-21-14/h5-10,13,22H,1-4H3,(H,19,23)(H,20,24)/t10-,13+/m1/s1. The Labute approximate surface area is 150 Å². The van der Waals surface area contributed by atoms with Crippen molar-refractivity contribution in [2.75, 3.05) is 5.32 Å². The minimum absolute atomic E-state index is 0.427. The van der Waals surface area contributed by atoms with Crippen molar-refractivity contribution in [3.63, 3.8) is 0 Å². The lowest BCUT2D eigenvalue weighted by Gasteiger charge is -2.24. The van der Waals surface area contributed by atoms with E-state index in [2.05, 4.69) is 25.3 Å². The van der Waals surface area contributed by atoms with Crippen molar-refractivity contribution >= 4 is 17.7 Å². The Bertz CT molecular complexity index is 736. The molecule has 9 nitrogen and oxygen atoms in total. The summed E-state index contributed by atoms with van der Waals surface area (Å²) in [5, 5.41) is 18.5. The number of nitrogens with zero attached hydrogens (tertiary/aromatic N) is 2. The molecule has 1 aromatic heterocycles. The van der Waals surface area contributed by atoms with Gasteiger partial charge in [-0.3, -0.25) is 4.79 Å². The maximum absolute atomic E-state index is 12.4. The fraction of sp³-hybridized carbons (Fsp3) is 0.412. The first-order valence-corrected chi connectivity index (χ1v) is 8.01. The Hall–Kier alpha value is -2.94. The van der Waals surface area contributed by atoms with Crippen molar-refractivity contribution < 1.29 is 24.0 Å². The first-order valence-electron chi connectivity index (χ1n) is 8.01. The number of aliphatic hydroxyl groups is 1. The minimum atomic E-state index is -1.17. The molecule has 9 heteroatoms. The molecule has 0 spiro atoms. The van der Waals surface area contributed by atoms with Crippen LogP contribution in [0.2, 0.25) is 0 Å². The molecule has 2 aromatic rings. The zero-order valence-corrected chi connectivity index (χ0v) is 15.0. The van der Waals surface area contributed by atoms with E-state index in [0.717, 1.165) is 5.56 Å². The predicted octanol–water partition coefficient (Wildman–Crippen LogP) is 1.95. The molecule has 0 bridgehead atoms. The van der Waals surface area contributed by atoms with Gasteiger partial charge in [0.1, 0.15) is 11.6 Å². The van der Waals surface area contributed by atoms with Crippen LogP contribution in [0.5, 0.6) is 0 Å². The lowest BCUT2D eigenvalue weighted by atomic mass is 10.1. The van der Waals surface area contributed by atoms with Crippen molar-refractivity contribution in [3.8, 4) is 11.4 Å².